The van der Waals surface area contributed by atoms with Crippen molar-refractivity contribution in [2.45, 2.75) is 55.4 Å². The molecule has 0 aliphatic rings. The molecule has 0 aromatic rings. The van der Waals surface area contributed by atoms with Gasteiger partial charge in [0.2, 0.25) is 0 Å². The Morgan fingerprint density at radius 2 is 0.846 bits per heavy atom. The zero-order valence-corrected chi connectivity index (χ0v) is 19.9. The van der Waals surface area contributed by atoms with Crippen molar-refractivity contribution in [2.24, 2.45) is 33.1 Å². The number of rotatable bonds is 14. The standard InChI is InChI=1S/C20H44N3O2.Pd/c1-17(2,9-21)13-24-15-19(5,6)11-23-12-20(7,8)16-25-14-18(3,4)10-22;/h9-16,21-22H2,1-8H3;/q-1;. The van der Waals surface area contributed by atoms with E-state index in [9.17, 15) is 0 Å². The third kappa shape index (κ3) is 14.5. The average molecular weight is 465 g/mol. The molecular formula is C20H44N3O2Pd-. The fraction of sp³-hybridized carbons (Fsp3) is 1.00. The Bertz CT molecular complexity index is 338. The van der Waals surface area contributed by atoms with E-state index in [-0.39, 0.29) is 42.1 Å². The van der Waals surface area contributed by atoms with Crippen LogP contribution in [0.3, 0.4) is 0 Å². The van der Waals surface area contributed by atoms with Crippen molar-refractivity contribution in [1.82, 2.24) is 0 Å². The topological polar surface area (TPSA) is 84.6 Å². The van der Waals surface area contributed by atoms with Crippen molar-refractivity contribution < 1.29 is 29.9 Å². The van der Waals surface area contributed by atoms with Crippen LogP contribution in [0.4, 0.5) is 0 Å². The molecule has 0 bridgehead atoms. The van der Waals surface area contributed by atoms with Gasteiger partial charge in [-0.1, -0.05) is 55.4 Å². The van der Waals surface area contributed by atoms with Crippen LogP contribution in [0, 0.1) is 21.7 Å². The molecule has 4 N–H and O–H groups in total. The first-order valence-corrected chi connectivity index (χ1v) is 9.43. The molecule has 6 heteroatoms. The van der Waals surface area contributed by atoms with Gasteiger partial charge in [-0.15, -0.1) is 13.1 Å². The van der Waals surface area contributed by atoms with Crippen molar-refractivity contribution in [3.63, 3.8) is 0 Å². The van der Waals surface area contributed by atoms with Gasteiger partial charge in [-0.25, -0.2) is 0 Å². The molecule has 0 saturated heterocycles. The summed E-state index contributed by atoms with van der Waals surface area (Å²) in [7, 11) is 0. The predicted octanol–water partition coefficient (Wildman–Crippen LogP) is 3.41. The Kier molecular flexibility index (Phi) is 13.4. The van der Waals surface area contributed by atoms with Crippen LogP contribution in [-0.2, 0) is 29.9 Å². The monoisotopic (exact) mass is 464 g/mol. The van der Waals surface area contributed by atoms with Crippen LogP contribution in [0.5, 0.6) is 0 Å². The molecule has 0 spiro atoms. The minimum Gasteiger partial charge on any atom is -0.661 e. The molecule has 162 valence electrons. The molecule has 0 amide bonds. The number of nitrogens with two attached hydrogens (primary N) is 2. The van der Waals surface area contributed by atoms with E-state index in [1.54, 1.807) is 0 Å². The maximum absolute atomic E-state index is 5.87. The Morgan fingerprint density at radius 1 is 0.577 bits per heavy atom. The van der Waals surface area contributed by atoms with Gasteiger partial charge in [0, 0.05) is 31.3 Å². The van der Waals surface area contributed by atoms with E-state index < -0.39 is 0 Å². The van der Waals surface area contributed by atoms with Gasteiger partial charge in [0.1, 0.15) is 0 Å². The van der Waals surface area contributed by atoms with Gasteiger partial charge < -0.3 is 26.3 Å². The second-order valence-electron chi connectivity index (χ2n) is 10.6. The second-order valence-corrected chi connectivity index (χ2v) is 10.6. The van der Waals surface area contributed by atoms with E-state index in [1.807, 2.05) is 0 Å². The van der Waals surface area contributed by atoms with Crippen LogP contribution >= 0.6 is 0 Å². The summed E-state index contributed by atoms with van der Waals surface area (Å²) >= 11 is 0. The van der Waals surface area contributed by atoms with Crippen LogP contribution < -0.4 is 11.5 Å². The van der Waals surface area contributed by atoms with Gasteiger partial charge in [-0.2, -0.15) is 0 Å². The van der Waals surface area contributed by atoms with Gasteiger partial charge >= 0.3 is 0 Å². The van der Waals surface area contributed by atoms with Crippen molar-refractivity contribution in [3.05, 3.63) is 5.32 Å². The van der Waals surface area contributed by atoms with E-state index in [2.05, 4.69) is 55.4 Å². The molecule has 0 radical (unpaired) electrons. The van der Waals surface area contributed by atoms with E-state index in [0.717, 1.165) is 13.1 Å². The molecule has 0 aliphatic carbocycles. The Hall–Kier alpha value is 0.462. The first kappa shape index (κ1) is 28.7. The van der Waals surface area contributed by atoms with Crippen molar-refractivity contribution in [3.8, 4) is 0 Å². The zero-order valence-electron chi connectivity index (χ0n) is 18.4. The van der Waals surface area contributed by atoms with Crippen molar-refractivity contribution >= 4 is 0 Å². The maximum atomic E-state index is 5.87. The quantitative estimate of drug-likeness (QED) is 0.386. The van der Waals surface area contributed by atoms with Crippen LogP contribution in [0.1, 0.15) is 55.4 Å². The molecule has 0 aromatic carbocycles. The largest absolute Gasteiger partial charge is 0.661 e. The van der Waals surface area contributed by atoms with Crippen molar-refractivity contribution in [2.75, 3.05) is 52.6 Å². The predicted molar refractivity (Wildman–Crippen MR) is 108 cm³/mol. The molecule has 0 saturated carbocycles. The molecule has 0 fully saturated rings. The van der Waals surface area contributed by atoms with Crippen LogP contribution in [-0.4, -0.2) is 52.6 Å². The van der Waals surface area contributed by atoms with Crippen LogP contribution in [0.15, 0.2) is 0 Å². The minimum atomic E-state index is 0. The molecule has 0 rings (SSSR count). The Morgan fingerprint density at radius 3 is 1.12 bits per heavy atom. The normalized spacial score (nSPS) is 13.6. The zero-order chi connectivity index (χ0) is 19.8. The first-order chi connectivity index (χ1) is 11.2. The molecule has 0 atom stereocenters. The number of ether oxygens (including phenoxy) is 2. The van der Waals surface area contributed by atoms with Crippen LogP contribution in [0.2, 0.25) is 0 Å². The smallest absolute Gasteiger partial charge is 0.0529 e. The first-order valence-electron chi connectivity index (χ1n) is 9.43. The van der Waals surface area contributed by atoms with E-state index in [1.165, 1.54) is 0 Å². The minimum absolute atomic E-state index is 0. The second kappa shape index (κ2) is 12.1. The fourth-order valence-corrected chi connectivity index (χ4v) is 2.08. The number of nitrogens with zero attached hydrogens (tertiary/aromatic N) is 1. The van der Waals surface area contributed by atoms with Gasteiger partial charge in [0.25, 0.3) is 0 Å². The van der Waals surface area contributed by atoms with E-state index >= 15 is 0 Å². The summed E-state index contributed by atoms with van der Waals surface area (Å²) in [5.41, 5.74) is 11.6. The van der Waals surface area contributed by atoms with Crippen molar-refractivity contribution in [1.29, 1.82) is 0 Å². The van der Waals surface area contributed by atoms with Gasteiger partial charge in [0.15, 0.2) is 0 Å². The molecule has 5 nitrogen and oxygen atoms in total. The summed E-state index contributed by atoms with van der Waals surface area (Å²) < 4.78 is 11.7. The van der Waals surface area contributed by atoms with Crippen LogP contribution in [0.25, 0.3) is 5.32 Å². The van der Waals surface area contributed by atoms with E-state index in [4.69, 9.17) is 26.3 Å². The molecule has 0 unspecified atom stereocenters. The van der Waals surface area contributed by atoms with Gasteiger partial charge in [-0.05, 0) is 23.9 Å². The summed E-state index contributed by atoms with van der Waals surface area (Å²) in [5.74, 6) is 0. The summed E-state index contributed by atoms with van der Waals surface area (Å²) in [6.07, 6.45) is 0. The molecule has 0 aromatic heterocycles. The maximum Gasteiger partial charge on any atom is 0.0529 e. The summed E-state index contributed by atoms with van der Waals surface area (Å²) in [5, 5.41) is 4.78. The van der Waals surface area contributed by atoms with E-state index in [0.29, 0.717) is 39.5 Å². The fourth-order valence-electron chi connectivity index (χ4n) is 2.08. The number of hydrogen-bond acceptors (Lipinski definition) is 4. The molecular weight excluding hydrogens is 421 g/mol. The third-order valence-electron chi connectivity index (χ3n) is 4.16. The van der Waals surface area contributed by atoms with Gasteiger partial charge in [0.05, 0.1) is 26.4 Å². The summed E-state index contributed by atoms with van der Waals surface area (Å²) in [4.78, 5) is 0. The molecule has 0 heterocycles. The third-order valence-corrected chi connectivity index (χ3v) is 4.16. The summed E-state index contributed by atoms with van der Waals surface area (Å²) in [6.45, 7) is 22.9. The average Bonchev–Trinajstić information content (AvgIpc) is 2.45. The Labute approximate surface area is 176 Å². The Balaban J connectivity index is 0. The number of hydrogen-bond donors (Lipinski definition) is 2. The van der Waals surface area contributed by atoms with Gasteiger partial charge in [-0.3, -0.25) is 0 Å². The molecule has 0 aliphatic heterocycles. The molecule has 26 heavy (non-hydrogen) atoms. The SMILES string of the molecule is CC(C)(CN)COCC(C)(C)C[N-]CC(C)(C)COCC(C)(C)CN.[Pd]. The summed E-state index contributed by atoms with van der Waals surface area (Å²) in [6, 6.07) is 0.